The van der Waals surface area contributed by atoms with Crippen LogP contribution in [0.15, 0.2) is 6.33 Å². The van der Waals surface area contributed by atoms with Crippen LogP contribution in [0.4, 0.5) is 10.2 Å². The quantitative estimate of drug-likeness (QED) is 0.177. The predicted octanol–water partition coefficient (Wildman–Crippen LogP) is -0.502. The largest absolute Gasteiger partial charge is 0.479 e. The minimum atomic E-state index is -2.74. The Hall–Kier alpha value is -2.65. The summed E-state index contributed by atoms with van der Waals surface area (Å²) in [6.07, 6.45) is -5.66. The van der Waals surface area contributed by atoms with Gasteiger partial charge in [0, 0.05) is 6.61 Å². The van der Waals surface area contributed by atoms with Crippen molar-refractivity contribution < 1.29 is 43.9 Å². The maximum absolute atomic E-state index is 15.3. The predicted molar refractivity (Wildman–Crippen MR) is 102 cm³/mol. The number of carboxylic acids is 2. The highest BCUT2D eigenvalue weighted by Crippen LogP contribution is 2.58. The van der Waals surface area contributed by atoms with Crippen molar-refractivity contribution in [3.05, 3.63) is 11.6 Å². The van der Waals surface area contributed by atoms with Gasteiger partial charge in [0.2, 0.25) is 5.28 Å². The number of alkyl halides is 1. The summed E-state index contributed by atoms with van der Waals surface area (Å²) in [5.41, 5.74) is 0.864. The fourth-order valence-electron chi connectivity index (χ4n) is 3.90. The van der Waals surface area contributed by atoms with Crippen molar-refractivity contribution in [3.8, 4) is 0 Å². The van der Waals surface area contributed by atoms with Gasteiger partial charge in [-0.2, -0.15) is 9.97 Å². The van der Waals surface area contributed by atoms with Gasteiger partial charge in [-0.1, -0.05) is 0 Å². The van der Waals surface area contributed by atoms with Crippen LogP contribution in [0, 0.1) is 0 Å². The number of carbonyl (C=O) groups is 2. The number of ether oxygens (including phenoxy) is 2. The number of fused-ring (bicyclic) bond motifs is 2. The third-order valence-corrected chi connectivity index (χ3v) is 5.88. The Balaban J connectivity index is 1.58. The number of hydrogen-bond acceptors (Lipinski definition) is 10. The van der Waals surface area contributed by atoms with Gasteiger partial charge in [0.25, 0.3) is 5.60 Å². The van der Waals surface area contributed by atoms with Gasteiger partial charge < -0.3 is 35.6 Å². The van der Waals surface area contributed by atoms with Crippen molar-refractivity contribution in [2.45, 2.75) is 55.1 Å². The SMILES string of the molecule is Nc1nc(Cl)nc2c1ncn2[C@@H]1O[C@@H]2C(OC(CCCCO)(C(=O)O)C(=O)O)[C@]2(O)[C@@H]1F. The third-order valence-electron chi connectivity index (χ3n) is 5.71. The fourth-order valence-corrected chi connectivity index (χ4v) is 4.07. The smallest absolute Gasteiger partial charge is 0.347 e. The van der Waals surface area contributed by atoms with Gasteiger partial charge in [-0.05, 0) is 30.9 Å². The summed E-state index contributed by atoms with van der Waals surface area (Å²) >= 11 is 5.79. The summed E-state index contributed by atoms with van der Waals surface area (Å²) in [4.78, 5) is 35.2. The fraction of sp³-hybridized carbons (Fsp3) is 0.588. The number of nitrogens with zero attached hydrogens (tertiary/aromatic N) is 4. The van der Waals surface area contributed by atoms with Gasteiger partial charge in [-0.15, -0.1) is 0 Å². The van der Waals surface area contributed by atoms with E-state index in [1.165, 1.54) is 6.33 Å². The average Bonchev–Trinajstić information content (AvgIpc) is 2.99. The molecule has 15 heteroatoms. The zero-order valence-corrected chi connectivity index (χ0v) is 17.0. The molecule has 0 bridgehead atoms. The number of aromatic nitrogens is 4. The molecule has 0 radical (unpaired) electrons. The van der Waals surface area contributed by atoms with Gasteiger partial charge in [0.1, 0.15) is 17.7 Å². The molecule has 1 aliphatic carbocycles. The van der Waals surface area contributed by atoms with E-state index in [0.717, 1.165) is 4.57 Å². The van der Waals surface area contributed by atoms with Crippen LogP contribution in [-0.2, 0) is 19.1 Å². The van der Waals surface area contributed by atoms with E-state index < -0.39 is 54.2 Å². The molecule has 2 aromatic heterocycles. The van der Waals surface area contributed by atoms with E-state index in [2.05, 4.69) is 15.0 Å². The van der Waals surface area contributed by atoms with Crippen molar-refractivity contribution in [2.24, 2.45) is 0 Å². The van der Waals surface area contributed by atoms with Crippen LogP contribution in [0.3, 0.4) is 0 Å². The maximum Gasteiger partial charge on any atom is 0.347 e. The molecule has 1 saturated carbocycles. The molecule has 2 fully saturated rings. The molecule has 4 rings (SSSR count). The molecule has 0 amide bonds. The molecule has 174 valence electrons. The van der Waals surface area contributed by atoms with Gasteiger partial charge in [0.05, 0.1) is 6.33 Å². The molecule has 6 N–H and O–H groups in total. The van der Waals surface area contributed by atoms with Crippen molar-refractivity contribution >= 4 is 40.5 Å². The topological polar surface area (TPSA) is 203 Å². The Morgan fingerprint density at radius 3 is 2.59 bits per heavy atom. The highest BCUT2D eigenvalue weighted by molar-refractivity contribution is 6.28. The van der Waals surface area contributed by atoms with E-state index in [1.807, 2.05) is 0 Å². The first-order valence-electron chi connectivity index (χ1n) is 9.50. The molecular weight excluding hydrogens is 457 g/mol. The molecule has 0 aromatic carbocycles. The molecule has 2 aromatic rings. The number of nitrogens with two attached hydrogens (primary N) is 1. The number of unbranched alkanes of at least 4 members (excludes halogenated alkanes) is 1. The molecular formula is C17H19ClFN5O8. The van der Waals surface area contributed by atoms with Gasteiger partial charge in [-0.3, -0.25) is 4.57 Å². The minimum absolute atomic E-state index is 0.0103. The minimum Gasteiger partial charge on any atom is -0.479 e. The number of rotatable bonds is 9. The maximum atomic E-state index is 15.3. The second-order valence-corrected chi connectivity index (χ2v) is 7.93. The average molecular weight is 476 g/mol. The number of aliphatic hydroxyl groups is 2. The summed E-state index contributed by atoms with van der Waals surface area (Å²) in [5, 5.41) is 38.5. The lowest BCUT2D eigenvalue weighted by Gasteiger charge is -2.28. The van der Waals surface area contributed by atoms with Crippen LogP contribution in [0.25, 0.3) is 11.2 Å². The third kappa shape index (κ3) is 3.17. The molecule has 13 nitrogen and oxygen atoms in total. The van der Waals surface area contributed by atoms with E-state index in [0.29, 0.717) is 0 Å². The lowest BCUT2D eigenvalue weighted by atomic mass is 9.96. The molecule has 0 spiro atoms. The number of anilines is 1. The normalized spacial score (nSPS) is 29.2. The molecule has 5 atom stereocenters. The Morgan fingerprint density at radius 2 is 2.03 bits per heavy atom. The first-order valence-corrected chi connectivity index (χ1v) is 9.88. The number of nitrogen functional groups attached to an aromatic ring is 1. The summed E-state index contributed by atoms with van der Waals surface area (Å²) in [7, 11) is 0. The monoisotopic (exact) mass is 475 g/mol. The van der Waals surface area contributed by atoms with Crippen LogP contribution in [0.2, 0.25) is 5.28 Å². The second-order valence-electron chi connectivity index (χ2n) is 7.59. The van der Waals surface area contributed by atoms with E-state index in [4.69, 9.17) is 31.9 Å². The van der Waals surface area contributed by atoms with Crippen LogP contribution in [-0.4, -0.2) is 88.1 Å². The first-order chi connectivity index (χ1) is 15.1. The number of hydrogen-bond donors (Lipinski definition) is 5. The molecule has 3 heterocycles. The number of imidazole rings is 1. The van der Waals surface area contributed by atoms with Crippen molar-refractivity contribution in [2.75, 3.05) is 12.3 Å². The van der Waals surface area contributed by atoms with Gasteiger partial charge in [0.15, 0.2) is 29.5 Å². The number of aliphatic carboxylic acids is 2. The summed E-state index contributed by atoms with van der Waals surface area (Å²) in [5.74, 6) is -3.68. The molecule has 2 aliphatic rings. The van der Waals surface area contributed by atoms with E-state index in [9.17, 15) is 24.9 Å². The second kappa shape index (κ2) is 7.74. The Labute approximate surface area is 183 Å². The summed E-state index contributed by atoms with van der Waals surface area (Å²) in [6, 6.07) is 0. The highest BCUT2D eigenvalue weighted by Gasteiger charge is 2.80. The number of halogens is 2. The van der Waals surface area contributed by atoms with Crippen molar-refractivity contribution in [1.29, 1.82) is 0 Å². The Kier molecular flexibility index (Phi) is 5.45. The molecule has 1 aliphatic heterocycles. The van der Waals surface area contributed by atoms with Crippen molar-refractivity contribution in [1.82, 2.24) is 19.5 Å². The van der Waals surface area contributed by atoms with Crippen LogP contribution in [0.1, 0.15) is 25.5 Å². The lowest BCUT2D eigenvalue weighted by Crippen LogP contribution is -2.51. The van der Waals surface area contributed by atoms with Crippen LogP contribution >= 0.6 is 11.6 Å². The number of aliphatic hydroxyl groups excluding tert-OH is 1. The molecule has 1 unspecified atom stereocenters. The van der Waals surface area contributed by atoms with E-state index >= 15 is 4.39 Å². The molecule has 32 heavy (non-hydrogen) atoms. The van der Waals surface area contributed by atoms with Crippen LogP contribution < -0.4 is 5.73 Å². The zero-order chi connectivity index (χ0) is 23.4. The van der Waals surface area contributed by atoms with E-state index in [1.54, 1.807) is 0 Å². The zero-order valence-electron chi connectivity index (χ0n) is 16.3. The van der Waals surface area contributed by atoms with Gasteiger partial charge in [-0.25, -0.2) is 19.0 Å². The first kappa shape index (κ1) is 22.5. The van der Waals surface area contributed by atoms with E-state index in [-0.39, 0.29) is 41.7 Å². The Bertz CT molecular complexity index is 1070. The molecule has 1 saturated heterocycles. The van der Waals surface area contributed by atoms with Crippen molar-refractivity contribution in [3.63, 3.8) is 0 Å². The highest BCUT2D eigenvalue weighted by atomic mass is 35.5. The number of carboxylic acid groups (broad SMARTS) is 2. The Morgan fingerprint density at radius 1 is 1.34 bits per heavy atom. The standard InChI is InChI=1S/C17H19ClFN5O8/c18-15-22-10(20)6-11(23-15)24(5-21-6)12-7(19)17(30)8(31-12)9(17)32-16(13(26)27,14(28)29)3-1-2-4-25/h5,7-9,12,25,30H,1-4H2,(H,26,27)(H,28,29)(H2,20,22,23)/t7-,8-,9?,12-,17+/m1/s1. The summed E-state index contributed by atoms with van der Waals surface area (Å²) in [6.45, 7) is -0.278. The lowest BCUT2D eigenvalue weighted by molar-refractivity contribution is -0.196. The van der Waals surface area contributed by atoms with Crippen LogP contribution in [0.5, 0.6) is 0 Å². The van der Waals surface area contributed by atoms with Gasteiger partial charge >= 0.3 is 11.9 Å². The summed E-state index contributed by atoms with van der Waals surface area (Å²) < 4.78 is 27.2.